The first-order valence-electron chi connectivity index (χ1n) is 7.74. The maximum atomic E-state index is 12.8. The third-order valence-electron chi connectivity index (χ3n) is 4.45. The zero-order chi connectivity index (χ0) is 16.7. The van der Waals surface area contributed by atoms with Crippen molar-refractivity contribution in [3.63, 3.8) is 0 Å². The molecular formula is C17H15N5O2. The summed E-state index contributed by atoms with van der Waals surface area (Å²) in [7, 11) is 1.45. The molecule has 1 aliphatic carbocycles. The molecule has 1 N–H and O–H groups in total. The molecule has 7 heteroatoms. The minimum Gasteiger partial charge on any atom is -0.480 e. The Labute approximate surface area is 137 Å². The Morgan fingerprint density at radius 2 is 2.33 bits per heavy atom. The van der Waals surface area contributed by atoms with Crippen molar-refractivity contribution in [3.05, 3.63) is 51.2 Å². The Kier molecular flexibility index (Phi) is 3.31. The summed E-state index contributed by atoms with van der Waals surface area (Å²) in [5, 5.41) is 17.0. The number of ether oxygens (including phenoxy) is 1. The van der Waals surface area contributed by atoms with Gasteiger partial charge in [0.1, 0.15) is 11.6 Å². The number of nitriles is 1. The van der Waals surface area contributed by atoms with Gasteiger partial charge >= 0.3 is 0 Å². The van der Waals surface area contributed by atoms with Gasteiger partial charge in [-0.1, -0.05) is 0 Å². The standard InChI is InChI=1S/C17H15N5O2/c1-24-16-10(8-18)7-12-13(19-16)5-6-22(17(12)23)9-15-11-3-2-4-14(11)20-21-15/h5-7H,2-4,9H2,1H3,(H,20,21). The van der Waals surface area contributed by atoms with Crippen LogP contribution >= 0.6 is 0 Å². The molecule has 7 nitrogen and oxygen atoms in total. The molecule has 4 rings (SSSR count). The highest BCUT2D eigenvalue weighted by atomic mass is 16.5. The van der Waals surface area contributed by atoms with Crippen LogP contribution in [0.4, 0.5) is 0 Å². The van der Waals surface area contributed by atoms with Gasteiger partial charge in [-0.05, 0) is 37.0 Å². The number of pyridine rings is 2. The van der Waals surface area contributed by atoms with Crippen LogP contribution in [0.25, 0.3) is 10.9 Å². The van der Waals surface area contributed by atoms with E-state index >= 15 is 0 Å². The van der Waals surface area contributed by atoms with E-state index in [2.05, 4.69) is 15.2 Å². The lowest BCUT2D eigenvalue weighted by Crippen LogP contribution is -2.21. The minimum absolute atomic E-state index is 0.186. The van der Waals surface area contributed by atoms with E-state index in [1.807, 2.05) is 6.07 Å². The summed E-state index contributed by atoms with van der Waals surface area (Å²) in [5.41, 5.74) is 3.89. The first kappa shape index (κ1) is 14.5. The van der Waals surface area contributed by atoms with E-state index in [9.17, 15) is 10.1 Å². The van der Waals surface area contributed by atoms with Crippen LogP contribution < -0.4 is 10.3 Å². The van der Waals surface area contributed by atoms with E-state index in [0.717, 1.165) is 25.0 Å². The van der Waals surface area contributed by atoms with Crippen LogP contribution in [0.5, 0.6) is 5.88 Å². The fourth-order valence-electron chi connectivity index (χ4n) is 3.23. The maximum absolute atomic E-state index is 12.8. The fraction of sp³-hybridized carbons (Fsp3) is 0.294. The second kappa shape index (κ2) is 5.49. The van der Waals surface area contributed by atoms with E-state index in [1.165, 1.54) is 24.4 Å². The number of hydrogen-bond acceptors (Lipinski definition) is 5. The number of nitrogens with zero attached hydrogens (tertiary/aromatic N) is 4. The van der Waals surface area contributed by atoms with Gasteiger partial charge in [0, 0.05) is 11.9 Å². The molecule has 120 valence electrons. The SMILES string of the molecule is COc1nc2ccn(Cc3n[nH]c4c3CCC4)c(=O)c2cc1C#N. The molecule has 0 radical (unpaired) electrons. The van der Waals surface area contributed by atoms with E-state index in [4.69, 9.17) is 4.74 Å². The highest BCUT2D eigenvalue weighted by Crippen LogP contribution is 2.23. The van der Waals surface area contributed by atoms with E-state index < -0.39 is 0 Å². The number of H-pyrrole nitrogens is 1. The average molecular weight is 321 g/mol. The van der Waals surface area contributed by atoms with Gasteiger partial charge in [0.2, 0.25) is 5.88 Å². The van der Waals surface area contributed by atoms with Gasteiger partial charge in [0.05, 0.1) is 30.3 Å². The first-order valence-corrected chi connectivity index (χ1v) is 7.74. The van der Waals surface area contributed by atoms with Crippen LogP contribution in [-0.4, -0.2) is 26.9 Å². The quantitative estimate of drug-likeness (QED) is 0.789. The van der Waals surface area contributed by atoms with Gasteiger partial charge in [0.15, 0.2) is 0 Å². The summed E-state index contributed by atoms with van der Waals surface area (Å²) in [5.74, 6) is 0.229. The van der Waals surface area contributed by atoms with Crippen LogP contribution in [0.2, 0.25) is 0 Å². The fourth-order valence-corrected chi connectivity index (χ4v) is 3.23. The third-order valence-corrected chi connectivity index (χ3v) is 4.45. The highest BCUT2D eigenvalue weighted by Gasteiger charge is 2.19. The van der Waals surface area contributed by atoms with Crippen molar-refractivity contribution >= 4 is 10.9 Å². The Morgan fingerprint density at radius 1 is 1.46 bits per heavy atom. The number of aryl methyl sites for hydroxylation is 1. The van der Waals surface area contributed by atoms with Gasteiger partial charge in [-0.3, -0.25) is 9.89 Å². The molecule has 24 heavy (non-hydrogen) atoms. The zero-order valence-electron chi connectivity index (χ0n) is 13.2. The smallest absolute Gasteiger partial charge is 0.260 e. The van der Waals surface area contributed by atoms with Crippen molar-refractivity contribution in [1.29, 1.82) is 5.26 Å². The number of methoxy groups -OCH3 is 1. The summed E-state index contributed by atoms with van der Waals surface area (Å²) in [6, 6.07) is 5.31. The molecular weight excluding hydrogens is 306 g/mol. The van der Waals surface area contributed by atoms with E-state index in [0.29, 0.717) is 17.4 Å². The molecule has 0 bridgehead atoms. The second-order valence-corrected chi connectivity index (χ2v) is 5.82. The second-order valence-electron chi connectivity index (χ2n) is 5.82. The van der Waals surface area contributed by atoms with Gasteiger partial charge in [-0.15, -0.1) is 0 Å². The van der Waals surface area contributed by atoms with Crippen molar-refractivity contribution in [2.45, 2.75) is 25.8 Å². The molecule has 1 aliphatic rings. The lowest BCUT2D eigenvalue weighted by molar-refractivity contribution is 0.398. The molecule has 3 aromatic heterocycles. The van der Waals surface area contributed by atoms with Crippen molar-refractivity contribution in [2.75, 3.05) is 7.11 Å². The normalized spacial score (nSPS) is 13.0. The number of rotatable bonds is 3. The molecule has 0 saturated heterocycles. The van der Waals surface area contributed by atoms with Crippen molar-refractivity contribution < 1.29 is 4.74 Å². The molecule has 0 amide bonds. The Hall–Kier alpha value is -3.14. The number of fused-ring (bicyclic) bond motifs is 2. The van der Waals surface area contributed by atoms with Crippen LogP contribution in [0.3, 0.4) is 0 Å². The Bertz CT molecular complexity index is 1040. The Balaban J connectivity index is 1.81. The van der Waals surface area contributed by atoms with Crippen molar-refractivity contribution in [1.82, 2.24) is 19.7 Å². The summed E-state index contributed by atoms with van der Waals surface area (Å²) in [6.07, 6.45) is 4.85. The van der Waals surface area contributed by atoms with Gasteiger partial charge in [-0.2, -0.15) is 10.4 Å². The predicted octanol–water partition coefficient (Wildman–Crippen LogP) is 1.54. The largest absolute Gasteiger partial charge is 0.480 e. The molecule has 0 saturated carbocycles. The zero-order valence-corrected chi connectivity index (χ0v) is 13.2. The predicted molar refractivity (Wildman–Crippen MR) is 87.0 cm³/mol. The molecule has 0 atom stereocenters. The maximum Gasteiger partial charge on any atom is 0.260 e. The molecule has 3 heterocycles. The molecule has 0 fully saturated rings. The molecule has 0 spiro atoms. The molecule has 0 aliphatic heterocycles. The summed E-state index contributed by atoms with van der Waals surface area (Å²) in [4.78, 5) is 17.0. The first-order chi connectivity index (χ1) is 11.7. The van der Waals surface area contributed by atoms with E-state index in [-0.39, 0.29) is 17.0 Å². The number of aromatic amines is 1. The number of aromatic nitrogens is 4. The van der Waals surface area contributed by atoms with Crippen LogP contribution in [0, 0.1) is 11.3 Å². The lowest BCUT2D eigenvalue weighted by atomic mass is 10.2. The Morgan fingerprint density at radius 3 is 3.12 bits per heavy atom. The lowest BCUT2D eigenvalue weighted by Gasteiger charge is -2.08. The minimum atomic E-state index is -0.186. The molecule has 3 aromatic rings. The summed E-state index contributed by atoms with van der Waals surface area (Å²) < 4.78 is 6.70. The monoisotopic (exact) mass is 321 g/mol. The number of hydrogen-bond donors (Lipinski definition) is 1. The van der Waals surface area contributed by atoms with Crippen LogP contribution in [-0.2, 0) is 19.4 Å². The average Bonchev–Trinajstić information content (AvgIpc) is 3.21. The van der Waals surface area contributed by atoms with E-state index in [1.54, 1.807) is 16.8 Å². The van der Waals surface area contributed by atoms with Gasteiger partial charge in [0.25, 0.3) is 5.56 Å². The van der Waals surface area contributed by atoms with Gasteiger partial charge < -0.3 is 9.30 Å². The molecule has 0 aromatic carbocycles. The van der Waals surface area contributed by atoms with Crippen molar-refractivity contribution in [2.24, 2.45) is 0 Å². The van der Waals surface area contributed by atoms with Crippen molar-refractivity contribution in [3.8, 4) is 11.9 Å². The summed E-state index contributed by atoms with van der Waals surface area (Å²) >= 11 is 0. The van der Waals surface area contributed by atoms with Crippen LogP contribution in [0.15, 0.2) is 23.1 Å². The van der Waals surface area contributed by atoms with Crippen LogP contribution in [0.1, 0.15) is 28.9 Å². The topological polar surface area (TPSA) is 96.6 Å². The highest BCUT2D eigenvalue weighted by molar-refractivity contribution is 5.80. The summed E-state index contributed by atoms with van der Waals surface area (Å²) in [6.45, 7) is 0.411. The van der Waals surface area contributed by atoms with Gasteiger partial charge in [-0.25, -0.2) is 4.98 Å². The third kappa shape index (κ3) is 2.15. The molecule has 0 unspecified atom stereocenters. The number of nitrogens with one attached hydrogen (secondary N) is 1.